The van der Waals surface area contributed by atoms with Gasteiger partial charge in [0.2, 0.25) is 5.91 Å². The summed E-state index contributed by atoms with van der Waals surface area (Å²) in [6.07, 6.45) is 1.31. The lowest BCUT2D eigenvalue weighted by molar-refractivity contribution is -0.145. The lowest BCUT2D eigenvalue weighted by Gasteiger charge is -2.36. The summed E-state index contributed by atoms with van der Waals surface area (Å²) in [4.78, 5) is 28.8. The summed E-state index contributed by atoms with van der Waals surface area (Å²) in [6, 6.07) is 17.5. The highest BCUT2D eigenvalue weighted by atomic mass is 16.7. The third-order valence-corrected chi connectivity index (χ3v) is 6.37. The quantitative estimate of drug-likeness (QED) is 0.713. The van der Waals surface area contributed by atoms with Crippen molar-refractivity contribution < 1.29 is 23.8 Å². The summed E-state index contributed by atoms with van der Waals surface area (Å²) in [5.74, 6) is -1.44. The number of carbonyl (C=O) groups excluding carboxylic acids is 2. The molecule has 2 aromatic rings. The van der Waals surface area contributed by atoms with Crippen LogP contribution >= 0.6 is 0 Å². The summed E-state index contributed by atoms with van der Waals surface area (Å²) < 4.78 is 17.2. The molecule has 1 saturated heterocycles. The first kappa shape index (κ1) is 20.0. The molecule has 0 unspecified atom stereocenters. The number of fused-ring (bicyclic) bond motifs is 3. The second kappa shape index (κ2) is 7.04. The molecule has 0 saturated carbocycles. The largest absolute Gasteiger partial charge is 0.466 e. The Morgan fingerprint density at radius 1 is 1.10 bits per heavy atom. The van der Waals surface area contributed by atoms with Crippen molar-refractivity contribution >= 4 is 17.6 Å². The first-order chi connectivity index (χ1) is 14.9. The first-order valence-electron chi connectivity index (χ1n) is 10.5. The molecule has 160 valence electrons. The number of esters is 1. The van der Waals surface area contributed by atoms with Crippen LogP contribution in [0.3, 0.4) is 0 Å². The van der Waals surface area contributed by atoms with Crippen molar-refractivity contribution in [3.05, 3.63) is 77.4 Å². The molecule has 2 aromatic carbocycles. The molecule has 0 radical (unpaired) electrons. The minimum Gasteiger partial charge on any atom is -0.466 e. The van der Waals surface area contributed by atoms with Gasteiger partial charge in [0.25, 0.3) is 0 Å². The Labute approximate surface area is 181 Å². The number of ether oxygens (including phenoxy) is 3. The van der Waals surface area contributed by atoms with Crippen LogP contribution in [-0.4, -0.2) is 37.0 Å². The van der Waals surface area contributed by atoms with Crippen molar-refractivity contribution in [2.45, 2.75) is 50.2 Å². The van der Waals surface area contributed by atoms with E-state index in [1.54, 1.807) is 11.0 Å². The molecule has 1 amide bonds. The molecule has 0 aromatic heterocycles. The third-order valence-electron chi connectivity index (χ3n) is 6.37. The predicted octanol–water partition coefficient (Wildman–Crippen LogP) is 3.49. The Kier molecular flexibility index (Phi) is 4.53. The highest BCUT2D eigenvalue weighted by Gasteiger charge is 2.61. The van der Waals surface area contributed by atoms with Gasteiger partial charge in [-0.05, 0) is 43.5 Å². The van der Waals surface area contributed by atoms with E-state index in [2.05, 4.69) is 0 Å². The van der Waals surface area contributed by atoms with E-state index >= 15 is 0 Å². The first-order valence-corrected chi connectivity index (χ1v) is 10.5. The van der Waals surface area contributed by atoms with Gasteiger partial charge in [0, 0.05) is 5.69 Å². The molecule has 0 N–H and O–H groups in total. The molecule has 0 bridgehead atoms. The zero-order chi connectivity index (χ0) is 21.8. The average Bonchev–Trinajstić information content (AvgIpc) is 3.19. The van der Waals surface area contributed by atoms with Crippen LogP contribution in [-0.2, 0) is 35.8 Å². The van der Waals surface area contributed by atoms with Gasteiger partial charge in [0.1, 0.15) is 11.5 Å². The van der Waals surface area contributed by atoms with Crippen LogP contribution in [0.1, 0.15) is 31.4 Å². The van der Waals surface area contributed by atoms with E-state index in [1.165, 1.54) is 7.11 Å². The summed E-state index contributed by atoms with van der Waals surface area (Å²) in [6.45, 7) is 4.11. The lowest BCUT2D eigenvalue weighted by atomic mass is 9.67. The maximum atomic E-state index is 14.1. The Bertz CT molecular complexity index is 1080. The van der Waals surface area contributed by atoms with Crippen molar-refractivity contribution in [2.24, 2.45) is 0 Å². The standard InChI is InChI=1S/C25H25NO5/c1-24(2)30-20-13-18(22(27)29-3)25(14-21(20)31-24)17-11-7-8-12-19(17)26(23(25)28)15-16-9-5-4-6-10-16/h4-13,20-21H,14-15H2,1-3H3/t20-,21-,25-/m1/s1. The molecule has 5 rings (SSSR count). The SMILES string of the molecule is COC(=O)C1=C[C@H]2OC(C)(C)O[C@@H]2C[C@]12C(=O)N(Cc1ccccc1)c1ccccc12. The molecule has 3 atom stereocenters. The van der Waals surface area contributed by atoms with E-state index in [0.717, 1.165) is 16.8 Å². The summed E-state index contributed by atoms with van der Waals surface area (Å²) in [7, 11) is 1.34. The molecule has 1 fully saturated rings. The molecule has 2 heterocycles. The number of amides is 1. The van der Waals surface area contributed by atoms with E-state index in [9.17, 15) is 9.59 Å². The molecule has 1 aliphatic carbocycles. The van der Waals surface area contributed by atoms with Crippen molar-refractivity contribution in [1.29, 1.82) is 0 Å². The van der Waals surface area contributed by atoms with Crippen molar-refractivity contribution in [2.75, 3.05) is 12.0 Å². The fourth-order valence-electron chi connectivity index (χ4n) is 5.14. The smallest absolute Gasteiger partial charge is 0.334 e. The van der Waals surface area contributed by atoms with Gasteiger partial charge in [-0.15, -0.1) is 0 Å². The van der Waals surface area contributed by atoms with Gasteiger partial charge < -0.3 is 19.1 Å². The Morgan fingerprint density at radius 2 is 1.81 bits per heavy atom. The molecule has 6 nitrogen and oxygen atoms in total. The van der Waals surface area contributed by atoms with Gasteiger partial charge in [0.15, 0.2) is 5.79 Å². The van der Waals surface area contributed by atoms with Crippen LogP contribution in [0, 0.1) is 0 Å². The Hall–Kier alpha value is -2.96. The minimum atomic E-state index is -1.16. The number of anilines is 1. The molecule has 31 heavy (non-hydrogen) atoms. The number of carbonyl (C=O) groups is 2. The van der Waals surface area contributed by atoms with Crippen LogP contribution in [0.2, 0.25) is 0 Å². The fraction of sp³-hybridized carbons (Fsp3) is 0.360. The monoisotopic (exact) mass is 419 g/mol. The van der Waals surface area contributed by atoms with Gasteiger partial charge in [-0.3, -0.25) is 4.79 Å². The van der Waals surface area contributed by atoms with Gasteiger partial charge >= 0.3 is 5.97 Å². The topological polar surface area (TPSA) is 65.1 Å². The molecular weight excluding hydrogens is 394 g/mol. The Morgan fingerprint density at radius 3 is 2.55 bits per heavy atom. The van der Waals surface area contributed by atoms with E-state index in [4.69, 9.17) is 14.2 Å². The molecule has 3 aliphatic rings. The molecule has 6 heteroatoms. The summed E-state index contributed by atoms with van der Waals surface area (Å²) in [5.41, 5.74) is 1.79. The summed E-state index contributed by atoms with van der Waals surface area (Å²) in [5, 5.41) is 0. The van der Waals surface area contributed by atoms with Gasteiger partial charge in [-0.25, -0.2) is 4.79 Å². The fourth-order valence-corrected chi connectivity index (χ4v) is 5.14. The number of nitrogens with zero attached hydrogens (tertiary/aromatic N) is 1. The predicted molar refractivity (Wildman–Crippen MR) is 114 cm³/mol. The number of rotatable bonds is 3. The van der Waals surface area contributed by atoms with Crippen LogP contribution in [0.25, 0.3) is 0 Å². The second-order valence-corrected chi connectivity index (χ2v) is 8.71. The second-order valence-electron chi connectivity index (χ2n) is 8.71. The van der Waals surface area contributed by atoms with Crippen molar-refractivity contribution in [3.63, 3.8) is 0 Å². The molecular formula is C25H25NO5. The maximum Gasteiger partial charge on any atom is 0.334 e. The van der Waals surface area contributed by atoms with E-state index in [1.807, 2.05) is 68.4 Å². The van der Waals surface area contributed by atoms with E-state index in [-0.39, 0.29) is 12.0 Å². The zero-order valence-electron chi connectivity index (χ0n) is 17.8. The van der Waals surface area contributed by atoms with Crippen LogP contribution in [0.4, 0.5) is 5.69 Å². The number of methoxy groups -OCH3 is 1. The number of benzene rings is 2. The third kappa shape index (κ3) is 3.01. The summed E-state index contributed by atoms with van der Waals surface area (Å²) >= 11 is 0. The Balaban J connectivity index is 1.65. The minimum absolute atomic E-state index is 0.138. The highest BCUT2D eigenvalue weighted by molar-refractivity contribution is 6.15. The van der Waals surface area contributed by atoms with Crippen molar-refractivity contribution in [1.82, 2.24) is 0 Å². The highest BCUT2D eigenvalue weighted by Crippen LogP contribution is 2.54. The van der Waals surface area contributed by atoms with Crippen LogP contribution < -0.4 is 4.90 Å². The molecule has 1 spiro atoms. The van der Waals surface area contributed by atoms with E-state index in [0.29, 0.717) is 18.5 Å². The van der Waals surface area contributed by atoms with Crippen LogP contribution in [0.15, 0.2) is 66.2 Å². The van der Waals surface area contributed by atoms with Gasteiger partial charge in [-0.2, -0.15) is 0 Å². The van der Waals surface area contributed by atoms with Gasteiger partial charge in [0.05, 0.1) is 25.3 Å². The number of para-hydroxylation sites is 1. The van der Waals surface area contributed by atoms with Crippen molar-refractivity contribution in [3.8, 4) is 0 Å². The average molecular weight is 419 g/mol. The normalized spacial score (nSPS) is 28.3. The number of hydrogen-bond donors (Lipinski definition) is 0. The van der Waals surface area contributed by atoms with Crippen LogP contribution in [0.5, 0.6) is 0 Å². The lowest BCUT2D eigenvalue weighted by Crippen LogP contribution is -2.50. The molecule has 2 aliphatic heterocycles. The van der Waals surface area contributed by atoms with Gasteiger partial charge in [-0.1, -0.05) is 48.5 Å². The zero-order valence-corrected chi connectivity index (χ0v) is 17.8. The number of hydrogen-bond acceptors (Lipinski definition) is 5. The maximum absolute atomic E-state index is 14.1. The van der Waals surface area contributed by atoms with E-state index < -0.39 is 23.3 Å².